The lowest BCUT2D eigenvalue weighted by molar-refractivity contribution is -0.168. The molecule has 0 amide bonds. The van der Waals surface area contributed by atoms with Crippen LogP contribution < -0.4 is 0 Å². The molecular formula is C15H28O4. The molecule has 112 valence electrons. The Morgan fingerprint density at radius 1 is 1.16 bits per heavy atom. The van der Waals surface area contributed by atoms with Crippen molar-refractivity contribution in [1.82, 2.24) is 0 Å². The molecule has 0 N–H and O–H groups in total. The standard InChI is InChI=1S/C15H28O4/c1-3-18-15(19-4-2)14(16)8-6-5-7-13-9-11-17-12-10-13/h13,15H,3-12H2,1-2H3. The first-order valence-corrected chi connectivity index (χ1v) is 7.61. The highest BCUT2D eigenvalue weighted by Gasteiger charge is 2.18. The molecule has 4 heteroatoms. The fourth-order valence-electron chi connectivity index (χ4n) is 2.42. The van der Waals surface area contributed by atoms with Gasteiger partial charge in [-0.3, -0.25) is 4.79 Å². The van der Waals surface area contributed by atoms with Crippen molar-refractivity contribution in [3.8, 4) is 0 Å². The Bertz CT molecular complexity index is 230. The Kier molecular flexibility index (Phi) is 9.05. The molecule has 0 aromatic rings. The van der Waals surface area contributed by atoms with E-state index < -0.39 is 6.29 Å². The zero-order valence-electron chi connectivity index (χ0n) is 12.4. The van der Waals surface area contributed by atoms with Crippen LogP contribution >= 0.6 is 0 Å². The van der Waals surface area contributed by atoms with Crippen LogP contribution in [-0.4, -0.2) is 38.5 Å². The maximum atomic E-state index is 11.9. The van der Waals surface area contributed by atoms with Gasteiger partial charge in [-0.15, -0.1) is 0 Å². The number of ketones is 1. The van der Waals surface area contributed by atoms with Gasteiger partial charge in [0.2, 0.25) is 6.29 Å². The van der Waals surface area contributed by atoms with E-state index in [0.717, 1.165) is 32.0 Å². The second-order valence-corrected chi connectivity index (χ2v) is 5.01. The van der Waals surface area contributed by atoms with E-state index in [1.165, 1.54) is 19.3 Å². The van der Waals surface area contributed by atoms with Crippen LogP contribution in [0.1, 0.15) is 52.4 Å². The topological polar surface area (TPSA) is 44.8 Å². The van der Waals surface area contributed by atoms with Gasteiger partial charge >= 0.3 is 0 Å². The fourth-order valence-corrected chi connectivity index (χ4v) is 2.42. The zero-order valence-corrected chi connectivity index (χ0v) is 12.4. The number of unbranched alkanes of at least 4 members (excludes halogenated alkanes) is 1. The van der Waals surface area contributed by atoms with Crippen molar-refractivity contribution in [2.75, 3.05) is 26.4 Å². The number of rotatable bonds is 10. The molecule has 0 aromatic heterocycles. The summed E-state index contributed by atoms with van der Waals surface area (Å²) < 4.78 is 15.9. The molecule has 1 rings (SSSR count). The molecule has 0 aromatic carbocycles. The minimum Gasteiger partial charge on any atom is -0.381 e. The van der Waals surface area contributed by atoms with Crippen LogP contribution in [-0.2, 0) is 19.0 Å². The van der Waals surface area contributed by atoms with Gasteiger partial charge < -0.3 is 14.2 Å². The Morgan fingerprint density at radius 2 is 1.79 bits per heavy atom. The Hall–Kier alpha value is -0.450. The second-order valence-electron chi connectivity index (χ2n) is 5.01. The molecule has 1 aliphatic heterocycles. The van der Waals surface area contributed by atoms with Crippen molar-refractivity contribution < 1.29 is 19.0 Å². The van der Waals surface area contributed by atoms with E-state index in [4.69, 9.17) is 14.2 Å². The molecule has 1 fully saturated rings. The highest BCUT2D eigenvalue weighted by Crippen LogP contribution is 2.21. The monoisotopic (exact) mass is 272 g/mol. The van der Waals surface area contributed by atoms with Gasteiger partial charge in [0.15, 0.2) is 5.78 Å². The van der Waals surface area contributed by atoms with Crippen molar-refractivity contribution >= 4 is 5.78 Å². The number of carbonyl (C=O) groups is 1. The molecule has 1 heterocycles. The zero-order chi connectivity index (χ0) is 13.9. The molecule has 0 aliphatic carbocycles. The highest BCUT2D eigenvalue weighted by molar-refractivity contribution is 5.81. The van der Waals surface area contributed by atoms with Gasteiger partial charge in [-0.2, -0.15) is 0 Å². The van der Waals surface area contributed by atoms with Crippen LogP contribution in [0.25, 0.3) is 0 Å². The summed E-state index contributed by atoms with van der Waals surface area (Å²) in [5.41, 5.74) is 0. The van der Waals surface area contributed by atoms with Gasteiger partial charge in [0.1, 0.15) is 0 Å². The third kappa shape index (κ3) is 7.04. The maximum absolute atomic E-state index is 11.9. The van der Waals surface area contributed by atoms with Crippen LogP contribution in [0, 0.1) is 5.92 Å². The molecule has 0 radical (unpaired) electrons. The van der Waals surface area contributed by atoms with E-state index in [9.17, 15) is 4.79 Å². The first-order chi connectivity index (χ1) is 9.27. The van der Waals surface area contributed by atoms with Crippen LogP contribution in [0.3, 0.4) is 0 Å². The predicted octanol–water partition coefficient (Wildman–Crippen LogP) is 2.94. The van der Waals surface area contributed by atoms with E-state index in [-0.39, 0.29) is 5.78 Å². The normalized spacial score (nSPS) is 17.0. The SMILES string of the molecule is CCOC(OCC)C(=O)CCCCC1CCOCC1. The molecule has 4 nitrogen and oxygen atoms in total. The minimum absolute atomic E-state index is 0.0793. The minimum atomic E-state index is -0.655. The van der Waals surface area contributed by atoms with Crippen molar-refractivity contribution in [2.24, 2.45) is 5.92 Å². The number of hydrogen-bond acceptors (Lipinski definition) is 4. The molecule has 1 saturated heterocycles. The summed E-state index contributed by atoms with van der Waals surface area (Å²) in [6, 6.07) is 0. The van der Waals surface area contributed by atoms with Crippen molar-refractivity contribution in [3.63, 3.8) is 0 Å². The lowest BCUT2D eigenvalue weighted by Crippen LogP contribution is -2.27. The number of carbonyl (C=O) groups excluding carboxylic acids is 1. The van der Waals surface area contributed by atoms with Crippen LogP contribution in [0.15, 0.2) is 0 Å². The number of Topliss-reactive ketones (excluding diaryl/α,β-unsaturated/α-hetero) is 1. The van der Waals surface area contributed by atoms with Gasteiger partial charge in [-0.1, -0.05) is 12.8 Å². The molecule has 0 atom stereocenters. The molecule has 0 unspecified atom stereocenters. The largest absolute Gasteiger partial charge is 0.381 e. The first-order valence-electron chi connectivity index (χ1n) is 7.61. The lowest BCUT2D eigenvalue weighted by Gasteiger charge is -2.21. The average Bonchev–Trinajstić information content (AvgIpc) is 2.44. The highest BCUT2D eigenvalue weighted by atomic mass is 16.7. The van der Waals surface area contributed by atoms with Gasteiger partial charge in [0, 0.05) is 32.8 Å². The number of ether oxygens (including phenoxy) is 3. The summed E-state index contributed by atoms with van der Waals surface area (Å²) in [6.07, 6.45) is 5.52. The quantitative estimate of drug-likeness (QED) is 0.453. The lowest BCUT2D eigenvalue weighted by atomic mass is 9.93. The molecule has 0 bridgehead atoms. The van der Waals surface area contributed by atoms with Gasteiger partial charge in [0.25, 0.3) is 0 Å². The third-order valence-corrected chi connectivity index (χ3v) is 3.53. The van der Waals surface area contributed by atoms with E-state index >= 15 is 0 Å². The predicted molar refractivity (Wildman–Crippen MR) is 74.1 cm³/mol. The summed E-state index contributed by atoms with van der Waals surface area (Å²) in [4.78, 5) is 11.9. The van der Waals surface area contributed by atoms with E-state index in [1.54, 1.807) is 0 Å². The summed E-state index contributed by atoms with van der Waals surface area (Å²) in [5, 5.41) is 0. The molecule has 19 heavy (non-hydrogen) atoms. The number of hydrogen-bond donors (Lipinski definition) is 0. The van der Waals surface area contributed by atoms with Crippen molar-refractivity contribution in [1.29, 1.82) is 0 Å². The van der Waals surface area contributed by atoms with Crippen molar-refractivity contribution in [3.05, 3.63) is 0 Å². The molecule has 0 saturated carbocycles. The Labute approximate surface area is 116 Å². The second kappa shape index (κ2) is 10.4. The van der Waals surface area contributed by atoms with Crippen molar-refractivity contribution in [2.45, 2.75) is 58.7 Å². The summed E-state index contributed by atoms with van der Waals surface area (Å²) in [7, 11) is 0. The van der Waals surface area contributed by atoms with E-state index in [0.29, 0.717) is 19.6 Å². The third-order valence-electron chi connectivity index (χ3n) is 3.53. The van der Waals surface area contributed by atoms with Gasteiger partial charge in [-0.05, 0) is 39.0 Å². The van der Waals surface area contributed by atoms with Crippen LogP contribution in [0.4, 0.5) is 0 Å². The fraction of sp³-hybridized carbons (Fsp3) is 0.933. The van der Waals surface area contributed by atoms with Crippen LogP contribution in [0.5, 0.6) is 0 Å². The summed E-state index contributed by atoms with van der Waals surface area (Å²) >= 11 is 0. The summed E-state index contributed by atoms with van der Waals surface area (Å²) in [6.45, 7) is 6.59. The molecule has 0 spiro atoms. The van der Waals surface area contributed by atoms with E-state index in [1.807, 2.05) is 13.8 Å². The summed E-state index contributed by atoms with van der Waals surface area (Å²) in [5.74, 6) is 0.870. The smallest absolute Gasteiger partial charge is 0.217 e. The van der Waals surface area contributed by atoms with Crippen LogP contribution in [0.2, 0.25) is 0 Å². The Morgan fingerprint density at radius 3 is 2.37 bits per heavy atom. The average molecular weight is 272 g/mol. The van der Waals surface area contributed by atoms with E-state index in [2.05, 4.69) is 0 Å². The molecule has 1 aliphatic rings. The van der Waals surface area contributed by atoms with Gasteiger partial charge in [-0.25, -0.2) is 0 Å². The maximum Gasteiger partial charge on any atom is 0.217 e. The van der Waals surface area contributed by atoms with Gasteiger partial charge in [0.05, 0.1) is 0 Å². The Balaban J connectivity index is 2.10. The first kappa shape index (κ1) is 16.6. The molecular weight excluding hydrogens is 244 g/mol.